The lowest BCUT2D eigenvalue weighted by molar-refractivity contribution is -0.129. The third-order valence-corrected chi connectivity index (χ3v) is 3.17. The summed E-state index contributed by atoms with van der Waals surface area (Å²) < 4.78 is 5.22. The van der Waals surface area contributed by atoms with Crippen molar-refractivity contribution in [2.45, 2.75) is 38.5 Å². The third kappa shape index (κ3) is 5.00. The Hall–Kier alpha value is -2.21. The molecule has 1 heterocycles. The van der Waals surface area contributed by atoms with Gasteiger partial charge in [-0.25, -0.2) is 5.48 Å². The van der Waals surface area contributed by atoms with Crippen LogP contribution in [0, 0.1) is 0 Å². The average molecular weight is 289 g/mol. The van der Waals surface area contributed by atoms with Gasteiger partial charge in [-0.05, 0) is 12.8 Å². The average Bonchev–Trinajstić information content (AvgIpc) is 3.00. The van der Waals surface area contributed by atoms with Crippen LogP contribution in [0.5, 0.6) is 0 Å². The summed E-state index contributed by atoms with van der Waals surface area (Å²) in [6.45, 7) is 0. The van der Waals surface area contributed by atoms with Crippen LogP contribution in [0.3, 0.4) is 0 Å². The fourth-order valence-corrected chi connectivity index (χ4v) is 2.03. The molecule has 1 aromatic carbocycles. The summed E-state index contributed by atoms with van der Waals surface area (Å²) >= 11 is 0. The Labute approximate surface area is 123 Å². The molecule has 0 radical (unpaired) electrons. The summed E-state index contributed by atoms with van der Waals surface area (Å²) in [6.07, 6.45) is 4.73. The van der Waals surface area contributed by atoms with Gasteiger partial charge in [0.15, 0.2) is 0 Å². The second kappa shape index (κ2) is 8.16. The van der Waals surface area contributed by atoms with Crippen LogP contribution >= 0.6 is 0 Å². The molecule has 2 rings (SSSR count). The van der Waals surface area contributed by atoms with Crippen LogP contribution < -0.4 is 5.48 Å². The molecule has 1 amide bonds. The minimum absolute atomic E-state index is 0.334. The molecular weight excluding hydrogens is 270 g/mol. The number of aromatic nitrogens is 2. The van der Waals surface area contributed by atoms with E-state index in [0.29, 0.717) is 18.1 Å². The first-order valence-corrected chi connectivity index (χ1v) is 7.10. The van der Waals surface area contributed by atoms with Crippen molar-refractivity contribution in [1.29, 1.82) is 0 Å². The van der Waals surface area contributed by atoms with Gasteiger partial charge in [-0.2, -0.15) is 4.98 Å². The van der Waals surface area contributed by atoms with Crippen LogP contribution in [0.2, 0.25) is 0 Å². The van der Waals surface area contributed by atoms with Gasteiger partial charge >= 0.3 is 0 Å². The lowest BCUT2D eigenvalue weighted by atomic mass is 10.1. The number of rotatable bonds is 8. The zero-order valence-electron chi connectivity index (χ0n) is 11.8. The standard InChI is InChI=1S/C15H19N3O3/c19-13(17-20)10-6-1-2-7-11-14-16-15(18-21-14)12-8-4-3-5-9-12/h3-5,8-9,20H,1-2,6-7,10-11H2,(H,17,19). The maximum atomic E-state index is 10.8. The summed E-state index contributed by atoms with van der Waals surface area (Å²) in [5.41, 5.74) is 2.57. The van der Waals surface area contributed by atoms with Gasteiger partial charge in [0, 0.05) is 18.4 Å². The van der Waals surface area contributed by atoms with E-state index in [1.165, 1.54) is 0 Å². The van der Waals surface area contributed by atoms with Crippen LogP contribution in [0.1, 0.15) is 38.0 Å². The number of unbranched alkanes of at least 4 members (excludes halogenated alkanes) is 3. The van der Waals surface area contributed by atoms with Gasteiger partial charge in [0.2, 0.25) is 17.6 Å². The first-order chi connectivity index (χ1) is 10.3. The van der Waals surface area contributed by atoms with Gasteiger partial charge in [-0.3, -0.25) is 10.0 Å². The third-order valence-electron chi connectivity index (χ3n) is 3.17. The van der Waals surface area contributed by atoms with E-state index in [1.807, 2.05) is 30.3 Å². The second-order valence-corrected chi connectivity index (χ2v) is 4.83. The van der Waals surface area contributed by atoms with E-state index in [0.717, 1.165) is 37.7 Å². The lowest BCUT2D eigenvalue weighted by Crippen LogP contribution is -2.17. The van der Waals surface area contributed by atoms with Crippen molar-refractivity contribution in [2.24, 2.45) is 0 Å². The Morgan fingerprint density at radius 1 is 1.14 bits per heavy atom. The minimum Gasteiger partial charge on any atom is -0.339 e. The molecule has 21 heavy (non-hydrogen) atoms. The second-order valence-electron chi connectivity index (χ2n) is 4.83. The Kier molecular flexibility index (Phi) is 5.90. The molecule has 0 bridgehead atoms. The predicted molar refractivity (Wildman–Crippen MR) is 76.5 cm³/mol. The fourth-order valence-electron chi connectivity index (χ4n) is 2.03. The number of amides is 1. The molecule has 112 valence electrons. The van der Waals surface area contributed by atoms with Crippen LogP contribution in [-0.2, 0) is 11.2 Å². The predicted octanol–water partition coefficient (Wildman–Crippen LogP) is 2.73. The van der Waals surface area contributed by atoms with Crippen LogP contribution in [-0.4, -0.2) is 21.3 Å². The highest BCUT2D eigenvalue weighted by Gasteiger charge is 2.07. The van der Waals surface area contributed by atoms with Gasteiger partial charge in [0.25, 0.3) is 0 Å². The molecule has 0 saturated carbocycles. The molecule has 6 heteroatoms. The number of nitrogens with zero attached hydrogens (tertiary/aromatic N) is 2. The molecule has 0 atom stereocenters. The molecule has 2 aromatic rings. The van der Waals surface area contributed by atoms with Crippen molar-refractivity contribution in [3.8, 4) is 11.4 Å². The van der Waals surface area contributed by atoms with Crippen molar-refractivity contribution in [3.63, 3.8) is 0 Å². The van der Waals surface area contributed by atoms with E-state index >= 15 is 0 Å². The number of hydrogen-bond donors (Lipinski definition) is 2. The molecule has 6 nitrogen and oxygen atoms in total. The van der Waals surface area contributed by atoms with Gasteiger partial charge < -0.3 is 4.52 Å². The fraction of sp³-hybridized carbons (Fsp3) is 0.400. The Morgan fingerprint density at radius 3 is 2.67 bits per heavy atom. The monoisotopic (exact) mass is 289 g/mol. The number of nitrogens with one attached hydrogen (secondary N) is 1. The maximum Gasteiger partial charge on any atom is 0.243 e. The van der Waals surface area contributed by atoms with Gasteiger partial charge in [0.1, 0.15) is 0 Å². The summed E-state index contributed by atoms with van der Waals surface area (Å²) in [6, 6.07) is 9.71. The number of benzene rings is 1. The lowest BCUT2D eigenvalue weighted by Gasteiger charge is -1.99. The zero-order valence-corrected chi connectivity index (χ0v) is 11.8. The Morgan fingerprint density at radius 2 is 1.90 bits per heavy atom. The smallest absolute Gasteiger partial charge is 0.243 e. The largest absolute Gasteiger partial charge is 0.339 e. The number of aryl methyl sites for hydroxylation is 1. The summed E-state index contributed by atoms with van der Waals surface area (Å²) in [4.78, 5) is 15.2. The quantitative estimate of drug-likeness (QED) is 0.443. The van der Waals surface area contributed by atoms with E-state index in [1.54, 1.807) is 5.48 Å². The zero-order chi connectivity index (χ0) is 14.9. The van der Waals surface area contributed by atoms with Crippen LogP contribution in [0.25, 0.3) is 11.4 Å². The van der Waals surface area contributed by atoms with Crippen LogP contribution in [0.4, 0.5) is 0 Å². The van der Waals surface area contributed by atoms with Crippen molar-refractivity contribution in [3.05, 3.63) is 36.2 Å². The Balaban J connectivity index is 1.68. The number of hydroxylamine groups is 1. The molecule has 0 aliphatic heterocycles. The molecule has 0 aliphatic rings. The summed E-state index contributed by atoms with van der Waals surface area (Å²) in [5.74, 6) is 0.923. The topological polar surface area (TPSA) is 88.2 Å². The highest BCUT2D eigenvalue weighted by Crippen LogP contribution is 2.16. The van der Waals surface area contributed by atoms with Crippen molar-refractivity contribution >= 4 is 5.91 Å². The van der Waals surface area contributed by atoms with Crippen molar-refractivity contribution in [2.75, 3.05) is 0 Å². The van der Waals surface area contributed by atoms with Crippen molar-refractivity contribution < 1.29 is 14.5 Å². The first-order valence-electron chi connectivity index (χ1n) is 7.10. The molecule has 0 fully saturated rings. The van der Waals surface area contributed by atoms with Gasteiger partial charge in [0.05, 0.1) is 0 Å². The highest BCUT2D eigenvalue weighted by molar-refractivity contribution is 5.74. The van der Waals surface area contributed by atoms with E-state index in [2.05, 4.69) is 10.1 Å². The number of carbonyl (C=O) groups excluding carboxylic acids is 1. The molecule has 2 N–H and O–H groups in total. The SMILES string of the molecule is O=C(CCCCCCc1nc(-c2ccccc2)no1)NO. The normalized spacial score (nSPS) is 10.5. The van der Waals surface area contributed by atoms with Gasteiger partial charge in [-0.1, -0.05) is 48.3 Å². The number of hydrogen-bond acceptors (Lipinski definition) is 5. The van der Waals surface area contributed by atoms with E-state index in [-0.39, 0.29) is 5.91 Å². The van der Waals surface area contributed by atoms with E-state index < -0.39 is 0 Å². The van der Waals surface area contributed by atoms with Gasteiger partial charge in [-0.15, -0.1) is 0 Å². The van der Waals surface area contributed by atoms with Crippen molar-refractivity contribution in [1.82, 2.24) is 15.6 Å². The number of carbonyl (C=O) groups is 1. The van der Waals surface area contributed by atoms with Crippen LogP contribution in [0.15, 0.2) is 34.9 Å². The first kappa shape index (κ1) is 15.2. The Bertz CT molecular complexity index is 554. The molecule has 0 saturated heterocycles. The summed E-state index contributed by atoms with van der Waals surface area (Å²) in [5, 5.41) is 12.3. The summed E-state index contributed by atoms with van der Waals surface area (Å²) in [7, 11) is 0. The molecule has 1 aromatic heterocycles. The van der Waals surface area contributed by atoms with E-state index in [4.69, 9.17) is 9.73 Å². The molecule has 0 unspecified atom stereocenters. The highest BCUT2D eigenvalue weighted by atomic mass is 16.5. The molecule has 0 spiro atoms. The molecular formula is C15H19N3O3. The minimum atomic E-state index is -0.334. The van der Waals surface area contributed by atoms with E-state index in [9.17, 15) is 4.79 Å². The maximum absolute atomic E-state index is 10.8. The molecule has 0 aliphatic carbocycles.